The zero-order valence-electron chi connectivity index (χ0n) is 11.8. The van der Waals surface area contributed by atoms with Gasteiger partial charge in [-0.15, -0.1) is 0 Å². The van der Waals surface area contributed by atoms with Gasteiger partial charge in [-0.3, -0.25) is 9.59 Å². The lowest BCUT2D eigenvalue weighted by Gasteiger charge is -2.07. The molecule has 1 amide bonds. The summed E-state index contributed by atoms with van der Waals surface area (Å²) < 4.78 is 13.3. The summed E-state index contributed by atoms with van der Waals surface area (Å²) in [5, 5.41) is 3.10. The van der Waals surface area contributed by atoms with E-state index in [1.807, 2.05) is 0 Å². The molecule has 0 aliphatic heterocycles. The summed E-state index contributed by atoms with van der Waals surface area (Å²) in [6.45, 7) is 1.40. The molecule has 3 aromatic rings. The molecule has 0 saturated carbocycles. The number of hydrogen-bond acceptors (Lipinski definition) is 2. The smallest absolute Gasteiger partial charge is 0.221 e. The van der Waals surface area contributed by atoms with E-state index in [4.69, 9.17) is 0 Å². The number of carbonyl (C=O) groups excluding carboxylic acids is 1. The molecule has 4 nitrogen and oxygen atoms in total. The number of anilines is 1. The maximum Gasteiger partial charge on any atom is 0.221 e. The van der Waals surface area contributed by atoms with Crippen molar-refractivity contribution in [3.63, 3.8) is 0 Å². The monoisotopic (exact) mass is 296 g/mol. The van der Waals surface area contributed by atoms with Crippen molar-refractivity contribution in [2.24, 2.45) is 0 Å². The maximum absolute atomic E-state index is 13.3. The first kappa shape index (κ1) is 14.0. The van der Waals surface area contributed by atoms with Crippen LogP contribution < -0.4 is 10.7 Å². The normalized spacial score (nSPS) is 10.6. The summed E-state index contributed by atoms with van der Waals surface area (Å²) >= 11 is 0. The van der Waals surface area contributed by atoms with Crippen LogP contribution in [0.5, 0.6) is 0 Å². The van der Waals surface area contributed by atoms with E-state index in [0.29, 0.717) is 27.8 Å². The molecule has 0 spiro atoms. The van der Waals surface area contributed by atoms with Crippen molar-refractivity contribution < 1.29 is 9.18 Å². The molecule has 0 aliphatic carbocycles. The van der Waals surface area contributed by atoms with E-state index in [1.54, 1.807) is 30.3 Å². The van der Waals surface area contributed by atoms with Crippen LogP contribution in [-0.4, -0.2) is 10.9 Å². The van der Waals surface area contributed by atoms with Crippen molar-refractivity contribution in [1.82, 2.24) is 4.98 Å². The van der Waals surface area contributed by atoms with Crippen LogP contribution in [0.4, 0.5) is 10.1 Å². The number of hydrogen-bond donors (Lipinski definition) is 2. The SMILES string of the molecule is CC(=O)Nc1ccc2[nH]c(-c3cccc(F)c3)cc(=O)c2c1. The quantitative estimate of drug-likeness (QED) is 0.762. The number of aromatic nitrogens is 1. The largest absolute Gasteiger partial charge is 0.354 e. The Morgan fingerprint density at radius 1 is 1.14 bits per heavy atom. The molecule has 22 heavy (non-hydrogen) atoms. The number of pyridine rings is 1. The van der Waals surface area contributed by atoms with Gasteiger partial charge in [-0.05, 0) is 30.3 Å². The van der Waals surface area contributed by atoms with Crippen LogP contribution in [0.1, 0.15) is 6.92 Å². The van der Waals surface area contributed by atoms with Gasteiger partial charge in [0.25, 0.3) is 0 Å². The van der Waals surface area contributed by atoms with E-state index in [9.17, 15) is 14.0 Å². The summed E-state index contributed by atoms with van der Waals surface area (Å²) in [7, 11) is 0. The van der Waals surface area contributed by atoms with E-state index in [0.717, 1.165) is 0 Å². The van der Waals surface area contributed by atoms with Gasteiger partial charge in [-0.2, -0.15) is 0 Å². The van der Waals surface area contributed by atoms with Gasteiger partial charge < -0.3 is 10.3 Å². The zero-order valence-corrected chi connectivity index (χ0v) is 11.8. The fourth-order valence-corrected chi connectivity index (χ4v) is 2.34. The predicted octanol–water partition coefficient (Wildman–Crippen LogP) is 3.29. The highest BCUT2D eigenvalue weighted by molar-refractivity contribution is 5.92. The Hall–Kier alpha value is -2.95. The van der Waals surface area contributed by atoms with Gasteiger partial charge in [0.05, 0.1) is 0 Å². The number of amides is 1. The standard InChI is InChI=1S/C17H13FN2O2/c1-10(21)19-13-5-6-15-14(8-13)17(22)9-16(20-15)11-3-2-4-12(18)7-11/h2-9H,1H3,(H,19,21)(H,20,22). The molecule has 0 bridgehead atoms. The van der Waals surface area contributed by atoms with Gasteiger partial charge in [-0.1, -0.05) is 12.1 Å². The lowest BCUT2D eigenvalue weighted by Crippen LogP contribution is -2.08. The molecule has 0 atom stereocenters. The van der Waals surface area contributed by atoms with Crippen molar-refractivity contribution in [2.45, 2.75) is 6.92 Å². The summed E-state index contributed by atoms with van der Waals surface area (Å²) in [5.74, 6) is -0.563. The highest BCUT2D eigenvalue weighted by Gasteiger charge is 2.06. The summed E-state index contributed by atoms with van der Waals surface area (Å²) in [6.07, 6.45) is 0. The van der Waals surface area contributed by atoms with Crippen LogP contribution in [0.15, 0.2) is 53.3 Å². The van der Waals surface area contributed by atoms with Crippen LogP contribution in [0, 0.1) is 5.82 Å². The average Bonchev–Trinajstić information content (AvgIpc) is 2.47. The maximum atomic E-state index is 13.3. The zero-order chi connectivity index (χ0) is 15.7. The third kappa shape index (κ3) is 2.74. The van der Waals surface area contributed by atoms with Crippen molar-refractivity contribution in [3.05, 3.63) is 64.6 Å². The fourth-order valence-electron chi connectivity index (χ4n) is 2.34. The number of nitrogens with one attached hydrogen (secondary N) is 2. The topological polar surface area (TPSA) is 62.0 Å². The number of fused-ring (bicyclic) bond motifs is 1. The van der Waals surface area contributed by atoms with Crippen LogP contribution in [-0.2, 0) is 4.79 Å². The predicted molar refractivity (Wildman–Crippen MR) is 84.3 cm³/mol. The molecule has 0 fully saturated rings. The third-order valence-electron chi connectivity index (χ3n) is 3.29. The van der Waals surface area contributed by atoms with E-state index in [1.165, 1.54) is 25.1 Å². The first-order valence-electron chi connectivity index (χ1n) is 6.73. The van der Waals surface area contributed by atoms with Crippen molar-refractivity contribution >= 4 is 22.5 Å². The lowest BCUT2D eigenvalue weighted by molar-refractivity contribution is -0.114. The summed E-state index contributed by atoms with van der Waals surface area (Å²) in [4.78, 5) is 26.5. The minimum absolute atomic E-state index is 0.194. The Kier molecular flexibility index (Phi) is 3.47. The lowest BCUT2D eigenvalue weighted by atomic mass is 10.1. The molecule has 1 heterocycles. The van der Waals surface area contributed by atoms with Crippen molar-refractivity contribution in [1.29, 1.82) is 0 Å². The second kappa shape index (κ2) is 5.44. The molecular weight excluding hydrogens is 283 g/mol. The Morgan fingerprint density at radius 2 is 1.95 bits per heavy atom. The number of halogens is 1. The van der Waals surface area contributed by atoms with Crippen LogP contribution in [0.2, 0.25) is 0 Å². The molecule has 2 aromatic carbocycles. The van der Waals surface area contributed by atoms with Crippen LogP contribution >= 0.6 is 0 Å². The fraction of sp³-hybridized carbons (Fsp3) is 0.0588. The Balaban J connectivity index is 2.13. The van der Waals surface area contributed by atoms with E-state index >= 15 is 0 Å². The van der Waals surface area contributed by atoms with Crippen molar-refractivity contribution in [2.75, 3.05) is 5.32 Å². The summed E-state index contributed by atoms with van der Waals surface area (Å²) in [5.41, 5.74) is 2.14. The van der Waals surface area contributed by atoms with Crippen molar-refractivity contribution in [3.8, 4) is 11.3 Å². The molecule has 0 aliphatic rings. The molecule has 0 saturated heterocycles. The van der Waals surface area contributed by atoms with E-state index in [-0.39, 0.29) is 17.2 Å². The number of aromatic amines is 1. The van der Waals surface area contributed by atoms with Crippen LogP contribution in [0.3, 0.4) is 0 Å². The molecular formula is C17H13FN2O2. The molecule has 1 aromatic heterocycles. The number of H-pyrrole nitrogens is 1. The molecule has 3 rings (SSSR count). The van der Waals surface area contributed by atoms with Gasteiger partial charge >= 0.3 is 0 Å². The summed E-state index contributed by atoms with van der Waals surface area (Å²) in [6, 6.07) is 12.5. The van der Waals surface area contributed by atoms with Crippen LogP contribution in [0.25, 0.3) is 22.2 Å². The number of carbonyl (C=O) groups is 1. The Bertz CT molecular complexity index is 931. The number of rotatable bonds is 2. The van der Waals surface area contributed by atoms with Gasteiger partial charge in [0.1, 0.15) is 5.82 Å². The minimum Gasteiger partial charge on any atom is -0.354 e. The van der Waals surface area contributed by atoms with Gasteiger partial charge in [-0.25, -0.2) is 4.39 Å². The van der Waals surface area contributed by atoms with Gasteiger partial charge in [0, 0.05) is 40.8 Å². The highest BCUT2D eigenvalue weighted by Crippen LogP contribution is 2.21. The molecule has 2 N–H and O–H groups in total. The van der Waals surface area contributed by atoms with Gasteiger partial charge in [0.2, 0.25) is 5.91 Å². The van der Waals surface area contributed by atoms with Gasteiger partial charge in [0.15, 0.2) is 5.43 Å². The first-order chi connectivity index (χ1) is 10.5. The minimum atomic E-state index is -0.362. The number of benzene rings is 2. The average molecular weight is 296 g/mol. The highest BCUT2D eigenvalue weighted by atomic mass is 19.1. The van der Waals surface area contributed by atoms with E-state index < -0.39 is 0 Å². The third-order valence-corrected chi connectivity index (χ3v) is 3.29. The molecule has 0 unspecified atom stereocenters. The Morgan fingerprint density at radius 3 is 2.68 bits per heavy atom. The second-order valence-corrected chi connectivity index (χ2v) is 5.00. The molecule has 110 valence electrons. The molecule has 0 radical (unpaired) electrons. The Labute approximate surface area is 125 Å². The first-order valence-corrected chi connectivity index (χ1v) is 6.73. The molecule has 5 heteroatoms. The second-order valence-electron chi connectivity index (χ2n) is 5.00. The van der Waals surface area contributed by atoms with E-state index in [2.05, 4.69) is 10.3 Å².